The summed E-state index contributed by atoms with van der Waals surface area (Å²) >= 11 is 0. The van der Waals surface area contributed by atoms with Crippen molar-refractivity contribution in [3.05, 3.63) is 52.4 Å². The van der Waals surface area contributed by atoms with Gasteiger partial charge < -0.3 is 14.9 Å². The minimum absolute atomic E-state index is 0.0362. The number of benzene rings is 1. The molecule has 1 amide bonds. The van der Waals surface area contributed by atoms with Gasteiger partial charge >= 0.3 is 0 Å². The van der Waals surface area contributed by atoms with Crippen molar-refractivity contribution < 1.29 is 27.1 Å². The van der Waals surface area contributed by atoms with Crippen LogP contribution in [-0.4, -0.2) is 68.6 Å². The number of anilines is 3. The lowest BCUT2D eigenvalue weighted by atomic mass is 9.93. The first kappa shape index (κ1) is 27.4. The first-order valence-electron chi connectivity index (χ1n) is 13.2. The number of nitrogens with one attached hydrogen (secondary N) is 2. The highest BCUT2D eigenvalue weighted by atomic mass is 32.2. The van der Waals surface area contributed by atoms with Crippen molar-refractivity contribution in [3.63, 3.8) is 0 Å². The molecule has 212 valence electrons. The second-order valence-corrected chi connectivity index (χ2v) is 12.6. The zero-order chi connectivity index (χ0) is 27.8. The van der Waals surface area contributed by atoms with Crippen LogP contribution in [-0.2, 0) is 10.0 Å². The Hall–Kier alpha value is -3.19. The van der Waals surface area contributed by atoms with E-state index in [1.165, 1.54) is 31.2 Å². The Bertz CT molecular complexity index is 1390. The van der Waals surface area contributed by atoms with Crippen LogP contribution in [0.25, 0.3) is 0 Å². The first-order chi connectivity index (χ1) is 18.5. The third-order valence-electron chi connectivity index (χ3n) is 7.98. The smallest absolute Gasteiger partial charge is 0.292 e. The number of sulfonamides is 1. The quantitative estimate of drug-likeness (QED) is 0.450. The lowest BCUT2D eigenvalue weighted by molar-refractivity contribution is -0.0221. The molecule has 5 rings (SSSR count). The number of amides is 1. The molecule has 3 N–H and O–H groups in total. The van der Waals surface area contributed by atoms with E-state index in [0.29, 0.717) is 24.2 Å². The van der Waals surface area contributed by atoms with Gasteiger partial charge in [-0.05, 0) is 61.4 Å². The van der Waals surface area contributed by atoms with Gasteiger partial charge in [0, 0.05) is 45.2 Å². The van der Waals surface area contributed by atoms with Crippen LogP contribution >= 0.6 is 0 Å². The third-order valence-corrected chi connectivity index (χ3v) is 9.25. The van der Waals surface area contributed by atoms with Crippen LogP contribution in [0, 0.1) is 5.41 Å². The van der Waals surface area contributed by atoms with E-state index in [-0.39, 0.29) is 42.9 Å². The molecule has 1 aromatic carbocycles. The Morgan fingerprint density at radius 1 is 0.949 bits per heavy atom. The molecule has 2 aromatic rings. The van der Waals surface area contributed by atoms with Gasteiger partial charge in [0.1, 0.15) is 5.69 Å². The highest BCUT2D eigenvalue weighted by Crippen LogP contribution is 2.54. The van der Waals surface area contributed by atoms with Gasteiger partial charge in [-0.2, -0.15) is 0 Å². The molecular weight excluding hydrogens is 532 g/mol. The van der Waals surface area contributed by atoms with Gasteiger partial charge in [0.15, 0.2) is 0 Å². The maximum absolute atomic E-state index is 13.6. The highest BCUT2D eigenvalue weighted by molar-refractivity contribution is 7.92. The SMILES string of the molecule is O=C(Nn1cccc(N2CCC(F)(F)CC2)c1=O)c1ccc(NS(=O)(=O)CCO)cc1N1CCC2(CC1)CC2. The van der Waals surface area contributed by atoms with Crippen molar-refractivity contribution in [2.45, 2.75) is 44.4 Å². The van der Waals surface area contributed by atoms with Gasteiger partial charge in [-0.25, -0.2) is 21.9 Å². The van der Waals surface area contributed by atoms with Crippen LogP contribution in [0.4, 0.5) is 25.8 Å². The fourth-order valence-corrected chi connectivity index (χ4v) is 6.18. The van der Waals surface area contributed by atoms with E-state index in [9.17, 15) is 26.8 Å². The van der Waals surface area contributed by atoms with Gasteiger partial charge in [-0.15, -0.1) is 0 Å². The van der Waals surface area contributed by atoms with E-state index in [2.05, 4.69) is 15.0 Å². The van der Waals surface area contributed by atoms with E-state index < -0.39 is 39.8 Å². The molecule has 1 aromatic heterocycles. The van der Waals surface area contributed by atoms with Crippen molar-refractivity contribution >= 4 is 33.0 Å². The van der Waals surface area contributed by atoms with Gasteiger partial charge in [0.2, 0.25) is 10.0 Å². The molecule has 3 heterocycles. The summed E-state index contributed by atoms with van der Waals surface area (Å²) in [5.41, 5.74) is 3.76. The molecule has 2 saturated heterocycles. The molecule has 0 radical (unpaired) electrons. The van der Waals surface area contributed by atoms with Crippen LogP contribution in [0.1, 0.15) is 48.9 Å². The highest BCUT2D eigenvalue weighted by Gasteiger charge is 2.44. The van der Waals surface area contributed by atoms with Gasteiger partial charge in [-0.1, -0.05) is 0 Å². The van der Waals surface area contributed by atoms with Gasteiger partial charge in [0.05, 0.1) is 29.3 Å². The van der Waals surface area contributed by atoms with Crippen molar-refractivity contribution in [2.75, 3.05) is 58.5 Å². The van der Waals surface area contributed by atoms with E-state index in [0.717, 1.165) is 17.5 Å². The number of aliphatic hydroxyl groups is 1. The number of hydrogen-bond acceptors (Lipinski definition) is 7. The number of carbonyl (C=O) groups is 1. The van der Waals surface area contributed by atoms with Crippen LogP contribution in [0.5, 0.6) is 0 Å². The molecular formula is C26H33F2N5O5S. The number of rotatable bonds is 8. The summed E-state index contributed by atoms with van der Waals surface area (Å²) in [6.45, 7) is 0.970. The minimum atomic E-state index is -3.77. The molecule has 13 heteroatoms. The lowest BCUT2D eigenvalue weighted by Gasteiger charge is -2.35. The number of hydrogen-bond donors (Lipinski definition) is 3. The maximum Gasteiger partial charge on any atom is 0.292 e. The largest absolute Gasteiger partial charge is 0.395 e. The molecule has 3 aliphatic rings. The predicted octanol–water partition coefficient (Wildman–Crippen LogP) is 2.58. The van der Waals surface area contributed by atoms with Crippen molar-refractivity contribution in [1.29, 1.82) is 0 Å². The summed E-state index contributed by atoms with van der Waals surface area (Å²) in [5, 5.41) is 9.05. The van der Waals surface area contributed by atoms with Crippen molar-refractivity contribution in [1.82, 2.24) is 4.68 Å². The van der Waals surface area contributed by atoms with Crippen LogP contribution in [0.3, 0.4) is 0 Å². The Morgan fingerprint density at radius 3 is 2.23 bits per heavy atom. The molecule has 1 saturated carbocycles. The number of alkyl halides is 2. The molecule has 3 fully saturated rings. The van der Waals surface area contributed by atoms with Crippen LogP contribution in [0.15, 0.2) is 41.3 Å². The minimum Gasteiger partial charge on any atom is -0.395 e. The molecule has 0 atom stereocenters. The van der Waals surface area contributed by atoms with E-state index >= 15 is 0 Å². The fourth-order valence-electron chi connectivity index (χ4n) is 5.35. The number of aliphatic hydroxyl groups excluding tert-OH is 1. The monoisotopic (exact) mass is 565 g/mol. The molecule has 1 spiro atoms. The Kier molecular flexibility index (Phi) is 7.31. The Labute approximate surface area is 225 Å². The van der Waals surface area contributed by atoms with Crippen LogP contribution in [0.2, 0.25) is 0 Å². The van der Waals surface area contributed by atoms with Crippen LogP contribution < -0.4 is 25.5 Å². The number of pyridine rings is 1. The van der Waals surface area contributed by atoms with Crippen molar-refractivity contribution in [3.8, 4) is 0 Å². The number of aromatic nitrogens is 1. The molecule has 39 heavy (non-hydrogen) atoms. The number of piperidine rings is 2. The average Bonchev–Trinajstić information content (AvgIpc) is 3.64. The second kappa shape index (κ2) is 10.4. The summed E-state index contributed by atoms with van der Waals surface area (Å²) in [4.78, 5) is 30.3. The molecule has 2 aliphatic heterocycles. The first-order valence-corrected chi connectivity index (χ1v) is 14.8. The Balaban J connectivity index is 1.40. The Morgan fingerprint density at radius 2 is 1.59 bits per heavy atom. The lowest BCUT2D eigenvalue weighted by Crippen LogP contribution is -2.43. The predicted molar refractivity (Wildman–Crippen MR) is 145 cm³/mol. The molecule has 1 aliphatic carbocycles. The summed E-state index contributed by atoms with van der Waals surface area (Å²) < 4.78 is 55.2. The van der Waals surface area contributed by atoms with E-state index in [1.54, 1.807) is 23.1 Å². The summed E-state index contributed by atoms with van der Waals surface area (Å²) in [6, 6.07) is 7.69. The normalized spacial score (nSPS) is 20.1. The summed E-state index contributed by atoms with van der Waals surface area (Å²) in [5.74, 6) is -3.77. The second-order valence-electron chi connectivity index (χ2n) is 10.7. The third kappa shape index (κ3) is 6.19. The molecule has 0 unspecified atom stereocenters. The zero-order valence-electron chi connectivity index (χ0n) is 21.5. The number of carbonyl (C=O) groups excluding carboxylic acids is 1. The summed E-state index contributed by atoms with van der Waals surface area (Å²) in [7, 11) is -3.77. The number of nitrogens with zero attached hydrogens (tertiary/aromatic N) is 3. The topological polar surface area (TPSA) is 124 Å². The maximum atomic E-state index is 13.6. The van der Waals surface area contributed by atoms with Gasteiger partial charge in [0.25, 0.3) is 17.4 Å². The fraction of sp³-hybridized carbons (Fsp3) is 0.538. The van der Waals surface area contributed by atoms with E-state index in [4.69, 9.17) is 5.11 Å². The van der Waals surface area contributed by atoms with E-state index in [1.807, 2.05) is 0 Å². The molecule has 10 nitrogen and oxygen atoms in total. The molecule has 0 bridgehead atoms. The summed E-state index contributed by atoms with van der Waals surface area (Å²) in [6.07, 6.45) is 5.06. The number of halogens is 2. The zero-order valence-corrected chi connectivity index (χ0v) is 22.4. The van der Waals surface area contributed by atoms with Crippen molar-refractivity contribution in [2.24, 2.45) is 5.41 Å². The average molecular weight is 566 g/mol. The van der Waals surface area contributed by atoms with Gasteiger partial charge in [-0.3, -0.25) is 19.7 Å². The standard InChI is InChI=1S/C26H33F2N5O5S/c27-26(28)9-14-31(15-10-26)21-2-1-11-33(24(21)36)29-23(35)20-4-3-19(30-39(37,38)17-16-34)18-22(20)32-12-7-25(5-6-25)8-13-32/h1-4,11,18,30,34H,5-10,12-17H2,(H,29,35).